The Kier molecular flexibility index (Phi) is 5.35. The average Bonchev–Trinajstić information content (AvgIpc) is 3.93. The number of para-hydroxylation sites is 3. The monoisotopic (exact) mass is 666 g/mol. The number of hydrogen-bond donors (Lipinski definition) is 0. The largest absolute Gasteiger partial charge is 0.308 e. The van der Waals surface area contributed by atoms with Crippen molar-refractivity contribution in [2.75, 3.05) is 0 Å². The zero-order chi connectivity index (χ0) is 33.2. The minimum atomic E-state index is 0.682. The van der Waals surface area contributed by atoms with E-state index in [-0.39, 0.29) is 0 Å². The second-order valence-corrected chi connectivity index (χ2v) is 14.4. The molecule has 0 fully saturated rings. The molecule has 0 amide bonds. The van der Waals surface area contributed by atoms with Crippen molar-refractivity contribution in [3.05, 3.63) is 158 Å². The summed E-state index contributed by atoms with van der Waals surface area (Å²) >= 11 is 1.77. The molecule has 12 rings (SSSR count). The topological polar surface area (TPSA) is 35.1 Å². The van der Waals surface area contributed by atoms with Gasteiger partial charge in [-0.1, -0.05) is 127 Å². The number of aromatic nitrogens is 4. The minimum absolute atomic E-state index is 0.682. The summed E-state index contributed by atoms with van der Waals surface area (Å²) in [5.74, 6) is 0.682. The summed E-state index contributed by atoms with van der Waals surface area (Å²) < 4.78 is 7.09. The summed E-state index contributed by atoms with van der Waals surface area (Å²) in [7, 11) is 0. The van der Waals surface area contributed by atoms with Crippen LogP contribution in [0.5, 0.6) is 0 Å². The lowest BCUT2D eigenvalue weighted by Gasteiger charge is -2.11. The normalized spacial score (nSPS) is 12.3. The molecule has 0 spiro atoms. The fraction of sp³-hybridized carbons (Fsp3) is 0. The molecule has 7 aromatic carbocycles. The van der Waals surface area contributed by atoms with Gasteiger partial charge in [0, 0.05) is 48.0 Å². The van der Waals surface area contributed by atoms with E-state index in [4.69, 9.17) is 9.97 Å². The molecule has 0 radical (unpaired) electrons. The van der Waals surface area contributed by atoms with Crippen LogP contribution in [0.25, 0.3) is 109 Å². The highest BCUT2D eigenvalue weighted by molar-refractivity contribution is 7.26. The third-order valence-corrected chi connectivity index (χ3v) is 11.8. The smallest absolute Gasteiger partial charge is 0.235 e. The lowest BCUT2D eigenvalue weighted by atomic mass is 10.0. The van der Waals surface area contributed by atoms with Crippen LogP contribution in [0, 0.1) is 0 Å². The van der Waals surface area contributed by atoms with Crippen LogP contribution >= 0.6 is 11.3 Å². The molecule has 5 aromatic heterocycles. The highest BCUT2D eigenvalue weighted by atomic mass is 32.1. The Bertz CT molecular complexity index is 3350. The van der Waals surface area contributed by atoms with Gasteiger partial charge in [0.25, 0.3) is 0 Å². The van der Waals surface area contributed by atoms with Gasteiger partial charge in [-0.25, -0.2) is 9.97 Å². The van der Waals surface area contributed by atoms with Crippen molar-refractivity contribution in [1.82, 2.24) is 18.9 Å². The zero-order valence-corrected chi connectivity index (χ0v) is 28.0. The average molecular weight is 667 g/mol. The summed E-state index contributed by atoms with van der Waals surface area (Å²) in [4.78, 5) is 11.0. The quantitative estimate of drug-likeness (QED) is 0.188. The van der Waals surface area contributed by atoms with Gasteiger partial charge in [0.2, 0.25) is 5.95 Å². The second-order valence-electron chi connectivity index (χ2n) is 13.4. The standard InChI is InChI=1S/C46H26N4S/c1-2-12-27(13-3-1)28-22-24-29(25-23-28)41-45-42(33-17-7-11-21-39(33)51-45)48-46(47-41)50-37-19-9-5-15-31(37)35-26-34-30-14-4-8-18-36(30)49-38-20-10-6-16-32(38)40(43(34)49)44(35)50/h1-26H. The third-order valence-electron chi connectivity index (χ3n) is 10.7. The predicted molar refractivity (Wildman–Crippen MR) is 215 cm³/mol. The van der Waals surface area contributed by atoms with Gasteiger partial charge in [-0.05, 0) is 41.5 Å². The van der Waals surface area contributed by atoms with Crippen molar-refractivity contribution in [3.8, 4) is 28.3 Å². The van der Waals surface area contributed by atoms with Crippen LogP contribution in [-0.4, -0.2) is 18.9 Å². The summed E-state index contributed by atoms with van der Waals surface area (Å²) in [6, 6.07) is 56.7. The summed E-state index contributed by atoms with van der Waals surface area (Å²) in [5, 5.41) is 8.56. The van der Waals surface area contributed by atoms with Gasteiger partial charge in [-0.3, -0.25) is 4.57 Å². The van der Waals surface area contributed by atoms with Gasteiger partial charge in [0.1, 0.15) is 0 Å². The van der Waals surface area contributed by atoms with Crippen molar-refractivity contribution in [1.29, 1.82) is 0 Å². The first-order valence-corrected chi connectivity index (χ1v) is 18.1. The Morgan fingerprint density at radius 1 is 0.431 bits per heavy atom. The summed E-state index contributed by atoms with van der Waals surface area (Å²) in [5.41, 5.74) is 11.3. The van der Waals surface area contributed by atoms with Gasteiger partial charge < -0.3 is 4.40 Å². The molecule has 0 aliphatic rings. The summed E-state index contributed by atoms with van der Waals surface area (Å²) in [6.45, 7) is 0. The highest BCUT2D eigenvalue weighted by Gasteiger charge is 2.26. The molecule has 12 aromatic rings. The molecule has 0 saturated carbocycles. The summed E-state index contributed by atoms with van der Waals surface area (Å²) in [6.07, 6.45) is 0. The number of rotatable bonds is 3. The van der Waals surface area contributed by atoms with Crippen LogP contribution in [0.2, 0.25) is 0 Å². The first kappa shape index (κ1) is 27.3. The van der Waals surface area contributed by atoms with Crippen molar-refractivity contribution >= 4 is 91.5 Å². The van der Waals surface area contributed by atoms with Gasteiger partial charge in [-0.2, -0.15) is 0 Å². The molecule has 0 N–H and O–H groups in total. The maximum atomic E-state index is 5.54. The molecule has 51 heavy (non-hydrogen) atoms. The predicted octanol–water partition coefficient (Wildman–Crippen LogP) is 12.4. The molecule has 4 nitrogen and oxygen atoms in total. The Balaban J connectivity index is 1.24. The molecular formula is C46H26N4S. The van der Waals surface area contributed by atoms with Crippen LogP contribution in [-0.2, 0) is 0 Å². The van der Waals surface area contributed by atoms with Crippen molar-refractivity contribution in [3.63, 3.8) is 0 Å². The van der Waals surface area contributed by atoms with Gasteiger partial charge >= 0.3 is 0 Å². The Hall–Kier alpha value is -6.56. The van der Waals surface area contributed by atoms with Crippen molar-refractivity contribution < 1.29 is 0 Å². The van der Waals surface area contributed by atoms with E-state index in [0.717, 1.165) is 37.9 Å². The van der Waals surface area contributed by atoms with E-state index < -0.39 is 0 Å². The van der Waals surface area contributed by atoms with Crippen LogP contribution in [0.4, 0.5) is 0 Å². The minimum Gasteiger partial charge on any atom is -0.308 e. The SMILES string of the molecule is c1ccc(-c2ccc(-c3nc(-n4c5ccccc5c5cc6c7ccccc7n7c8ccccc8c(c54)c67)nc4c3sc3ccccc34)cc2)cc1. The first-order valence-electron chi connectivity index (χ1n) is 17.3. The van der Waals surface area contributed by atoms with E-state index >= 15 is 0 Å². The number of fused-ring (bicyclic) bond motifs is 13. The lowest BCUT2D eigenvalue weighted by Crippen LogP contribution is -2.03. The molecular weight excluding hydrogens is 641 g/mol. The number of benzene rings is 7. The van der Waals surface area contributed by atoms with E-state index in [2.05, 4.69) is 167 Å². The molecule has 0 bridgehead atoms. The fourth-order valence-corrected chi connectivity index (χ4v) is 9.64. The molecule has 0 atom stereocenters. The Morgan fingerprint density at radius 2 is 1.00 bits per heavy atom. The molecule has 5 heteroatoms. The zero-order valence-electron chi connectivity index (χ0n) is 27.2. The molecule has 0 saturated heterocycles. The third kappa shape index (κ3) is 3.63. The number of hydrogen-bond acceptors (Lipinski definition) is 3. The molecule has 5 heterocycles. The molecule has 0 unspecified atom stereocenters. The van der Waals surface area contributed by atoms with Crippen molar-refractivity contribution in [2.45, 2.75) is 0 Å². The van der Waals surface area contributed by atoms with E-state index in [0.29, 0.717) is 5.95 Å². The van der Waals surface area contributed by atoms with E-state index in [9.17, 15) is 0 Å². The lowest BCUT2D eigenvalue weighted by molar-refractivity contribution is 1.02. The van der Waals surface area contributed by atoms with Crippen molar-refractivity contribution in [2.24, 2.45) is 0 Å². The van der Waals surface area contributed by atoms with Crippen LogP contribution in [0.15, 0.2) is 158 Å². The van der Waals surface area contributed by atoms with Gasteiger partial charge in [0.15, 0.2) is 0 Å². The van der Waals surface area contributed by atoms with Crippen LogP contribution < -0.4 is 0 Å². The Morgan fingerprint density at radius 3 is 1.78 bits per heavy atom. The number of thiophene rings is 1. The fourth-order valence-electron chi connectivity index (χ4n) is 8.49. The molecule has 0 aliphatic carbocycles. The first-order chi connectivity index (χ1) is 25.3. The Labute approximate surface area is 295 Å². The van der Waals surface area contributed by atoms with E-state index in [1.54, 1.807) is 11.3 Å². The van der Waals surface area contributed by atoms with Gasteiger partial charge in [-0.15, -0.1) is 11.3 Å². The molecule has 236 valence electrons. The van der Waals surface area contributed by atoms with E-state index in [1.807, 2.05) is 0 Å². The molecule has 0 aliphatic heterocycles. The van der Waals surface area contributed by atoms with E-state index in [1.165, 1.54) is 64.7 Å². The van der Waals surface area contributed by atoms with Crippen LogP contribution in [0.3, 0.4) is 0 Å². The second kappa shape index (κ2) is 10.0. The highest BCUT2D eigenvalue weighted by Crippen LogP contribution is 2.47. The maximum absolute atomic E-state index is 5.54. The van der Waals surface area contributed by atoms with Gasteiger partial charge in [0.05, 0.1) is 43.5 Å². The maximum Gasteiger partial charge on any atom is 0.235 e. The van der Waals surface area contributed by atoms with Crippen LogP contribution in [0.1, 0.15) is 0 Å². The number of nitrogens with zero attached hydrogens (tertiary/aromatic N) is 4.